The van der Waals surface area contributed by atoms with Crippen LogP contribution in [0.1, 0.15) is 29.8 Å². The van der Waals surface area contributed by atoms with Gasteiger partial charge in [-0.1, -0.05) is 49.4 Å². The summed E-state index contributed by atoms with van der Waals surface area (Å²) < 4.78 is 0.989. The maximum absolute atomic E-state index is 13.4. The molecule has 0 aliphatic rings. The summed E-state index contributed by atoms with van der Waals surface area (Å²) in [6, 6.07) is 12.0. The average molecular weight is 449 g/mol. The number of nitro benzene ring substituents is 1. The zero-order valence-electron chi connectivity index (χ0n) is 17.2. The number of para-hydroxylation sites is 2. The molecule has 0 atom stereocenters. The van der Waals surface area contributed by atoms with E-state index in [2.05, 4.69) is 18.7 Å². The van der Waals surface area contributed by atoms with Crippen molar-refractivity contribution >= 4 is 50.7 Å². The Bertz CT molecular complexity index is 1040. The SMILES string of the molecule is CCN(CC)CCN(C(=O)c1ccccc1[N+](=O)[O-])c1nc2c(C)cccc2s1.Cl. The molecule has 0 radical (unpaired) electrons. The molecule has 0 aliphatic heterocycles. The second-order valence-electron chi connectivity index (χ2n) is 6.68. The van der Waals surface area contributed by atoms with E-state index in [9.17, 15) is 14.9 Å². The highest BCUT2D eigenvalue weighted by Gasteiger charge is 2.27. The molecule has 0 unspecified atom stereocenters. The number of likely N-dealkylation sites (N-methyl/N-ethyl adjacent to an activating group) is 1. The molecule has 7 nitrogen and oxygen atoms in total. The van der Waals surface area contributed by atoms with Gasteiger partial charge in [0.25, 0.3) is 11.6 Å². The summed E-state index contributed by atoms with van der Waals surface area (Å²) in [6.45, 7) is 8.92. The normalized spacial score (nSPS) is 10.8. The summed E-state index contributed by atoms with van der Waals surface area (Å²) in [5.41, 5.74) is 1.78. The van der Waals surface area contributed by atoms with Gasteiger partial charge in [0.2, 0.25) is 0 Å². The van der Waals surface area contributed by atoms with Crippen molar-refractivity contribution in [3.63, 3.8) is 0 Å². The second-order valence-corrected chi connectivity index (χ2v) is 7.69. The molecule has 1 aromatic heterocycles. The molecule has 1 amide bonds. The molecule has 0 bridgehead atoms. The van der Waals surface area contributed by atoms with Crippen LogP contribution in [0.15, 0.2) is 42.5 Å². The number of fused-ring (bicyclic) bond motifs is 1. The summed E-state index contributed by atoms with van der Waals surface area (Å²) in [7, 11) is 0. The zero-order valence-corrected chi connectivity index (χ0v) is 18.8. The summed E-state index contributed by atoms with van der Waals surface area (Å²) in [5, 5.41) is 12.0. The first-order valence-corrected chi connectivity index (χ1v) is 10.4. The minimum absolute atomic E-state index is 0. The van der Waals surface area contributed by atoms with Crippen LogP contribution in [0.25, 0.3) is 10.2 Å². The highest BCUT2D eigenvalue weighted by molar-refractivity contribution is 7.22. The summed E-state index contributed by atoms with van der Waals surface area (Å²) in [6.07, 6.45) is 0. The predicted molar refractivity (Wildman–Crippen MR) is 124 cm³/mol. The maximum Gasteiger partial charge on any atom is 0.282 e. The van der Waals surface area contributed by atoms with Crippen molar-refractivity contribution in [3.05, 3.63) is 63.7 Å². The Labute approximate surface area is 185 Å². The highest BCUT2D eigenvalue weighted by atomic mass is 35.5. The Morgan fingerprint density at radius 2 is 1.80 bits per heavy atom. The number of nitrogens with zero attached hydrogens (tertiary/aromatic N) is 4. The number of hydrogen-bond acceptors (Lipinski definition) is 6. The molecule has 30 heavy (non-hydrogen) atoms. The molecule has 0 N–H and O–H groups in total. The fourth-order valence-electron chi connectivity index (χ4n) is 3.21. The number of benzene rings is 2. The monoisotopic (exact) mass is 448 g/mol. The van der Waals surface area contributed by atoms with Crippen molar-refractivity contribution in [2.75, 3.05) is 31.1 Å². The fourth-order valence-corrected chi connectivity index (χ4v) is 4.28. The van der Waals surface area contributed by atoms with E-state index in [4.69, 9.17) is 4.98 Å². The van der Waals surface area contributed by atoms with Gasteiger partial charge in [-0.25, -0.2) is 4.98 Å². The smallest absolute Gasteiger partial charge is 0.282 e. The van der Waals surface area contributed by atoms with E-state index >= 15 is 0 Å². The topological polar surface area (TPSA) is 79.6 Å². The van der Waals surface area contributed by atoms with E-state index in [1.165, 1.54) is 23.5 Å². The quantitative estimate of drug-likeness (QED) is 0.361. The molecule has 1 heterocycles. The van der Waals surface area contributed by atoms with E-state index in [1.807, 2.05) is 25.1 Å². The average Bonchev–Trinajstić information content (AvgIpc) is 3.16. The van der Waals surface area contributed by atoms with Crippen molar-refractivity contribution in [1.29, 1.82) is 0 Å². The molecule has 0 spiro atoms. The van der Waals surface area contributed by atoms with Crippen molar-refractivity contribution in [2.45, 2.75) is 20.8 Å². The molecule has 160 valence electrons. The van der Waals surface area contributed by atoms with Crippen LogP contribution < -0.4 is 4.90 Å². The van der Waals surface area contributed by atoms with E-state index < -0.39 is 10.8 Å². The summed E-state index contributed by atoms with van der Waals surface area (Å²) >= 11 is 1.43. The van der Waals surface area contributed by atoms with Crippen LogP contribution in [0.2, 0.25) is 0 Å². The van der Waals surface area contributed by atoms with E-state index in [-0.39, 0.29) is 23.7 Å². The molecular formula is C21H25ClN4O3S. The van der Waals surface area contributed by atoms with Crippen molar-refractivity contribution in [2.24, 2.45) is 0 Å². The van der Waals surface area contributed by atoms with Crippen LogP contribution in [-0.4, -0.2) is 46.9 Å². The van der Waals surface area contributed by atoms with Gasteiger partial charge in [-0.2, -0.15) is 0 Å². The molecule has 3 aromatic rings. The van der Waals surface area contributed by atoms with Crippen LogP contribution in [0.3, 0.4) is 0 Å². The van der Waals surface area contributed by atoms with Gasteiger partial charge in [0.15, 0.2) is 5.13 Å². The Morgan fingerprint density at radius 3 is 2.43 bits per heavy atom. The molecule has 0 aliphatic carbocycles. The van der Waals surface area contributed by atoms with E-state index in [1.54, 1.807) is 17.0 Å². The lowest BCUT2D eigenvalue weighted by Gasteiger charge is -2.24. The van der Waals surface area contributed by atoms with Gasteiger partial charge in [-0.15, -0.1) is 12.4 Å². The number of nitro groups is 1. The van der Waals surface area contributed by atoms with Gasteiger partial charge < -0.3 is 4.90 Å². The number of carbonyl (C=O) groups excluding carboxylic acids is 1. The number of hydrogen-bond donors (Lipinski definition) is 0. The van der Waals surface area contributed by atoms with Gasteiger partial charge in [0, 0.05) is 19.2 Å². The number of thiazole rings is 1. The van der Waals surface area contributed by atoms with Crippen molar-refractivity contribution < 1.29 is 9.72 Å². The van der Waals surface area contributed by atoms with E-state index in [0.717, 1.165) is 28.9 Å². The van der Waals surface area contributed by atoms with Crippen LogP contribution in [0.5, 0.6) is 0 Å². The number of anilines is 1. The second kappa shape index (κ2) is 10.5. The third kappa shape index (κ3) is 4.95. The minimum Gasteiger partial charge on any atom is -0.302 e. The third-order valence-electron chi connectivity index (χ3n) is 4.95. The molecule has 9 heteroatoms. The van der Waals surface area contributed by atoms with Gasteiger partial charge in [0.1, 0.15) is 5.56 Å². The molecule has 3 rings (SSSR count). The summed E-state index contributed by atoms with van der Waals surface area (Å²) in [4.78, 5) is 32.8. The van der Waals surface area contributed by atoms with Crippen LogP contribution >= 0.6 is 23.7 Å². The standard InChI is InChI=1S/C21H24N4O3S.ClH/c1-4-23(5-2)13-14-24(20(26)16-10-6-7-11-17(16)25(27)28)21-22-19-15(3)9-8-12-18(19)29-21;/h6-12H,4-5,13-14H2,1-3H3;1H. The van der Waals surface area contributed by atoms with Gasteiger partial charge in [-0.05, 0) is 37.7 Å². The Morgan fingerprint density at radius 1 is 1.10 bits per heavy atom. The minimum atomic E-state index is -0.516. The number of carbonyl (C=O) groups is 1. The lowest BCUT2D eigenvalue weighted by molar-refractivity contribution is -0.385. The molecule has 0 fully saturated rings. The molecule has 0 saturated heterocycles. The maximum atomic E-state index is 13.4. The van der Waals surface area contributed by atoms with Gasteiger partial charge in [0.05, 0.1) is 15.1 Å². The van der Waals surface area contributed by atoms with Crippen LogP contribution in [-0.2, 0) is 0 Å². The lowest BCUT2D eigenvalue weighted by atomic mass is 10.1. The lowest BCUT2D eigenvalue weighted by Crippen LogP contribution is -2.39. The van der Waals surface area contributed by atoms with Gasteiger partial charge in [-0.3, -0.25) is 19.8 Å². The number of aryl methyl sites for hydroxylation is 1. The van der Waals surface area contributed by atoms with Crippen LogP contribution in [0, 0.1) is 17.0 Å². The number of aromatic nitrogens is 1. The Hall–Kier alpha value is -2.55. The fraction of sp³-hybridized carbons (Fsp3) is 0.333. The number of amides is 1. The first-order chi connectivity index (χ1) is 14.0. The molecule has 2 aromatic carbocycles. The Kier molecular flexibility index (Phi) is 8.28. The molecule has 0 saturated carbocycles. The zero-order chi connectivity index (χ0) is 21.0. The first-order valence-electron chi connectivity index (χ1n) is 9.60. The predicted octanol–water partition coefficient (Wildman–Crippen LogP) is 4.92. The number of rotatable bonds is 8. The number of halogens is 1. The largest absolute Gasteiger partial charge is 0.302 e. The van der Waals surface area contributed by atoms with E-state index in [0.29, 0.717) is 18.2 Å². The summed E-state index contributed by atoms with van der Waals surface area (Å²) in [5.74, 6) is -0.402. The molecular weight excluding hydrogens is 424 g/mol. The van der Waals surface area contributed by atoms with Crippen LogP contribution in [0.4, 0.5) is 10.8 Å². The first kappa shape index (κ1) is 23.7. The van der Waals surface area contributed by atoms with Gasteiger partial charge >= 0.3 is 0 Å². The van der Waals surface area contributed by atoms with Crippen molar-refractivity contribution in [1.82, 2.24) is 9.88 Å². The highest BCUT2D eigenvalue weighted by Crippen LogP contribution is 2.32. The van der Waals surface area contributed by atoms with Crippen molar-refractivity contribution in [3.8, 4) is 0 Å². The Balaban J connectivity index is 0.00000320. The third-order valence-corrected chi connectivity index (χ3v) is 5.99.